The summed E-state index contributed by atoms with van der Waals surface area (Å²) in [4.78, 5) is 18.2. The quantitative estimate of drug-likeness (QED) is 0.866. The van der Waals surface area contributed by atoms with Crippen LogP contribution in [-0.2, 0) is 13.2 Å². The summed E-state index contributed by atoms with van der Waals surface area (Å²) in [5.41, 5.74) is 1.16. The van der Waals surface area contributed by atoms with Crippen molar-refractivity contribution in [2.24, 2.45) is 0 Å². The molecule has 6 heteroatoms. The predicted molar refractivity (Wildman–Crippen MR) is 86.5 cm³/mol. The highest BCUT2D eigenvalue weighted by atomic mass is 16.5. The van der Waals surface area contributed by atoms with Gasteiger partial charge in [0.15, 0.2) is 0 Å². The van der Waals surface area contributed by atoms with E-state index >= 15 is 0 Å². The summed E-state index contributed by atoms with van der Waals surface area (Å²) in [5, 5.41) is 8.92. The zero-order chi connectivity index (χ0) is 16.4. The monoisotopic (exact) mass is 310 g/mol. The van der Waals surface area contributed by atoms with Crippen molar-refractivity contribution in [3.05, 3.63) is 51.9 Å². The number of nitriles is 1. The van der Waals surface area contributed by atoms with Gasteiger partial charge in [0.25, 0.3) is 0 Å². The minimum absolute atomic E-state index is 0.269. The van der Waals surface area contributed by atoms with Crippen LogP contribution in [0.1, 0.15) is 24.5 Å². The SMILES string of the molecule is C[C@@H]1CCn2c(cc(OCc3cccc(C#N)c3)nc2=O)N1C. The number of fused-ring (bicyclic) bond motifs is 1. The number of ether oxygens (including phenoxy) is 1. The average molecular weight is 310 g/mol. The Morgan fingerprint density at radius 3 is 3.04 bits per heavy atom. The molecule has 0 N–H and O–H groups in total. The number of benzene rings is 1. The van der Waals surface area contributed by atoms with Crippen molar-refractivity contribution >= 4 is 5.82 Å². The lowest BCUT2D eigenvalue weighted by molar-refractivity contribution is 0.290. The van der Waals surface area contributed by atoms with Crippen LogP contribution >= 0.6 is 0 Å². The molecule has 1 atom stereocenters. The molecule has 23 heavy (non-hydrogen) atoms. The minimum Gasteiger partial charge on any atom is -0.473 e. The highest BCUT2D eigenvalue weighted by Gasteiger charge is 2.22. The third-order valence-corrected chi connectivity index (χ3v) is 4.20. The largest absolute Gasteiger partial charge is 0.473 e. The Balaban J connectivity index is 1.83. The molecule has 1 aromatic heterocycles. The molecule has 6 nitrogen and oxygen atoms in total. The van der Waals surface area contributed by atoms with E-state index in [1.165, 1.54) is 0 Å². The first-order chi connectivity index (χ1) is 11.1. The van der Waals surface area contributed by atoms with E-state index < -0.39 is 0 Å². The standard InChI is InChI=1S/C17H18N4O2/c1-12-6-7-21-16(20(12)2)9-15(19-17(21)22)23-11-14-5-3-4-13(8-14)10-18/h3-5,8-9,12H,6-7,11H2,1-2H3/t12-/m1/s1. The van der Waals surface area contributed by atoms with Gasteiger partial charge in [0.2, 0.25) is 5.88 Å². The van der Waals surface area contributed by atoms with Gasteiger partial charge in [0, 0.05) is 25.7 Å². The fourth-order valence-electron chi connectivity index (χ4n) is 2.67. The summed E-state index contributed by atoms with van der Waals surface area (Å²) < 4.78 is 7.33. The van der Waals surface area contributed by atoms with Crippen molar-refractivity contribution in [2.75, 3.05) is 11.9 Å². The molecule has 3 rings (SSSR count). The minimum atomic E-state index is -0.290. The van der Waals surface area contributed by atoms with Crippen molar-refractivity contribution in [2.45, 2.75) is 32.5 Å². The van der Waals surface area contributed by atoms with Crippen molar-refractivity contribution in [1.82, 2.24) is 9.55 Å². The molecule has 2 aromatic rings. The van der Waals surface area contributed by atoms with Gasteiger partial charge in [-0.05, 0) is 31.0 Å². The van der Waals surface area contributed by atoms with Crippen molar-refractivity contribution in [3.63, 3.8) is 0 Å². The summed E-state index contributed by atoms with van der Waals surface area (Å²) in [6.45, 7) is 3.07. The maximum absolute atomic E-state index is 12.2. The molecule has 0 fully saturated rings. The van der Waals surface area contributed by atoms with Gasteiger partial charge in [-0.15, -0.1) is 0 Å². The third-order valence-electron chi connectivity index (χ3n) is 4.20. The van der Waals surface area contributed by atoms with Crippen LogP contribution in [0.15, 0.2) is 35.1 Å². The molecule has 0 spiro atoms. The van der Waals surface area contributed by atoms with Gasteiger partial charge in [-0.1, -0.05) is 12.1 Å². The second-order valence-corrected chi connectivity index (χ2v) is 5.74. The van der Waals surface area contributed by atoms with Crippen LogP contribution in [0.25, 0.3) is 0 Å². The molecule has 1 aliphatic rings. The normalized spacial score (nSPS) is 16.6. The van der Waals surface area contributed by atoms with Crippen LogP contribution in [-0.4, -0.2) is 22.6 Å². The maximum Gasteiger partial charge on any atom is 0.352 e. The first-order valence-corrected chi connectivity index (χ1v) is 7.55. The fraction of sp³-hybridized carbons (Fsp3) is 0.353. The molecule has 1 aliphatic heterocycles. The topological polar surface area (TPSA) is 71.1 Å². The molecule has 118 valence electrons. The lowest BCUT2D eigenvalue weighted by Crippen LogP contribution is -2.41. The highest BCUT2D eigenvalue weighted by molar-refractivity contribution is 5.44. The lowest BCUT2D eigenvalue weighted by Gasteiger charge is -2.34. The van der Waals surface area contributed by atoms with Crippen molar-refractivity contribution < 1.29 is 4.74 Å². The zero-order valence-corrected chi connectivity index (χ0v) is 13.2. The lowest BCUT2D eigenvalue weighted by atomic mass is 10.1. The highest BCUT2D eigenvalue weighted by Crippen LogP contribution is 2.24. The van der Waals surface area contributed by atoms with E-state index in [0.717, 1.165) is 17.8 Å². The van der Waals surface area contributed by atoms with Gasteiger partial charge in [-0.3, -0.25) is 4.57 Å². The molecule has 0 aliphatic carbocycles. The molecule has 0 bridgehead atoms. The number of anilines is 1. The van der Waals surface area contributed by atoms with E-state index in [9.17, 15) is 4.79 Å². The molecule has 2 heterocycles. The summed E-state index contributed by atoms with van der Waals surface area (Å²) in [6, 6.07) is 11.4. The predicted octanol–water partition coefficient (Wildman–Crippen LogP) is 1.92. The zero-order valence-electron chi connectivity index (χ0n) is 13.2. The molecule has 0 saturated carbocycles. The van der Waals surface area contributed by atoms with E-state index in [1.807, 2.05) is 19.2 Å². The van der Waals surface area contributed by atoms with Crippen LogP contribution in [0.2, 0.25) is 0 Å². The first-order valence-electron chi connectivity index (χ1n) is 7.55. The summed E-state index contributed by atoms with van der Waals surface area (Å²) >= 11 is 0. The van der Waals surface area contributed by atoms with Crippen LogP contribution in [0, 0.1) is 11.3 Å². The Morgan fingerprint density at radius 1 is 1.43 bits per heavy atom. The second kappa shape index (κ2) is 6.13. The Bertz CT molecular complexity index is 822. The van der Waals surface area contributed by atoms with E-state index in [0.29, 0.717) is 24.0 Å². The summed E-state index contributed by atoms with van der Waals surface area (Å²) in [5.74, 6) is 1.13. The Kier molecular flexibility index (Phi) is 4.02. The number of hydrogen-bond donors (Lipinski definition) is 0. The van der Waals surface area contributed by atoms with E-state index in [2.05, 4.69) is 22.9 Å². The summed E-state index contributed by atoms with van der Waals surface area (Å²) in [7, 11) is 1.97. The molecule has 1 aromatic carbocycles. The number of nitrogens with zero attached hydrogens (tertiary/aromatic N) is 4. The first kappa shape index (κ1) is 15.1. The van der Waals surface area contributed by atoms with Gasteiger partial charge in [0.05, 0.1) is 11.6 Å². The van der Waals surface area contributed by atoms with Crippen LogP contribution in [0.3, 0.4) is 0 Å². The Hall–Kier alpha value is -2.81. The number of rotatable bonds is 3. The second-order valence-electron chi connectivity index (χ2n) is 5.74. The van der Waals surface area contributed by atoms with E-state index in [1.54, 1.807) is 22.8 Å². The van der Waals surface area contributed by atoms with E-state index in [4.69, 9.17) is 10.00 Å². The van der Waals surface area contributed by atoms with Gasteiger partial charge in [0.1, 0.15) is 12.4 Å². The molecule has 0 radical (unpaired) electrons. The van der Waals surface area contributed by atoms with Crippen molar-refractivity contribution in [1.29, 1.82) is 5.26 Å². The van der Waals surface area contributed by atoms with Crippen LogP contribution < -0.4 is 15.3 Å². The molecule has 0 saturated heterocycles. The van der Waals surface area contributed by atoms with Crippen LogP contribution in [0.4, 0.5) is 5.82 Å². The average Bonchev–Trinajstić information content (AvgIpc) is 2.57. The van der Waals surface area contributed by atoms with Gasteiger partial charge in [-0.2, -0.15) is 10.2 Å². The smallest absolute Gasteiger partial charge is 0.352 e. The maximum atomic E-state index is 12.2. The van der Waals surface area contributed by atoms with Gasteiger partial charge < -0.3 is 9.64 Å². The molecule has 0 amide bonds. The number of aromatic nitrogens is 2. The Labute approximate surface area is 134 Å². The van der Waals surface area contributed by atoms with Crippen LogP contribution in [0.5, 0.6) is 5.88 Å². The number of hydrogen-bond acceptors (Lipinski definition) is 5. The molecular formula is C17H18N4O2. The summed E-state index contributed by atoms with van der Waals surface area (Å²) in [6.07, 6.45) is 0.923. The fourth-order valence-corrected chi connectivity index (χ4v) is 2.67. The van der Waals surface area contributed by atoms with E-state index in [-0.39, 0.29) is 12.3 Å². The van der Waals surface area contributed by atoms with Crippen molar-refractivity contribution in [3.8, 4) is 11.9 Å². The van der Waals surface area contributed by atoms with Gasteiger partial charge >= 0.3 is 5.69 Å². The third kappa shape index (κ3) is 3.04. The van der Waals surface area contributed by atoms with Gasteiger partial charge in [-0.25, -0.2) is 4.79 Å². The Morgan fingerprint density at radius 2 is 2.26 bits per heavy atom. The molecule has 0 unspecified atom stereocenters. The molecular weight excluding hydrogens is 292 g/mol.